The molecule has 414 valence electrons. The van der Waals surface area contributed by atoms with Crippen molar-refractivity contribution in [1.82, 2.24) is 4.57 Å². The van der Waals surface area contributed by atoms with E-state index in [0.29, 0.717) is 0 Å². The molecule has 0 fully saturated rings. The molecule has 0 aliphatic rings. The van der Waals surface area contributed by atoms with Crippen molar-refractivity contribution in [3.8, 4) is 94.7 Å². The molecule has 1 nitrogen and oxygen atoms in total. The van der Waals surface area contributed by atoms with Crippen molar-refractivity contribution in [2.24, 2.45) is 0 Å². The molecular weight excluding hydrogens is 1110 g/mol. The second-order valence-electron chi connectivity index (χ2n) is 23.5. The van der Waals surface area contributed by atoms with Crippen molar-refractivity contribution < 1.29 is 0 Å². The monoisotopic (exact) mass is 1160 g/mol. The summed E-state index contributed by atoms with van der Waals surface area (Å²) in [6, 6.07) is 120. The van der Waals surface area contributed by atoms with Crippen molar-refractivity contribution in [2.45, 2.75) is 0 Å². The van der Waals surface area contributed by atoms with Crippen LogP contribution >= 0.6 is 22.7 Å². The predicted molar refractivity (Wildman–Crippen MR) is 385 cm³/mol. The molecule has 0 saturated carbocycles. The lowest BCUT2D eigenvalue weighted by molar-refractivity contribution is 1.20. The number of thiophene rings is 2. The number of benzene rings is 15. The lowest BCUT2D eigenvalue weighted by atomic mass is 9.92. The highest BCUT2D eigenvalue weighted by atomic mass is 32.1. The Morgan fingerprint density at radius 2 is 0.483 bits per heavy atom. The molecule has 3 aromatic heterocycles. The number of rotatable bonds is 9. The van der Waals surface area contributed by atoms with Crippen LogP contribution in [0.4, 0.5) is 0 Å². The summed E-state index contributed by atoms with van der Waals surface area (Å²) in [7, 11) is 0. The highest BCUT2D eigenvalue weighted by molar-refractivity contribution is 7.27. The summed E-state index contributed by atoms with van der Waals surface area (Å²) < 4.78 is 7.73. The average molecular weight is 1160 g/mol. The van der Waals surface area contributed by atoms with Crippen LogP contribution in [0.5, 0.6) is 0 Å². The molecule has 15 aromatic carbocycles. The first-order chi connectivity index (χ1) is 44.1. The van der Waals surface area contributed by atoms with E-state index in [4.69, 9.17) is 0 Å². The molecule has 0 saturated heterocycles. The summed E-state index contributed by atoms with van der Waals surface area (Å²) in [6.45, 7) is 0. The van der Waals surface area contributed by atoms with Crippen LogP contribution in [0.25, 0.3) is 178 Å². The van der Waals surface area contributed by atoms with Crippen LogP contribution < -0.4 is 0 Å². The van der Waals surface area contributed by atoms with Gasteiger partial charge in [0.15, 0.2) is 0 Å². The average Bonchev–Trinajstić information content (AvgIpc) is 1.70. The Balaban J connectivity index is 0.926. The Bertz CT molecular complexity index is 5500. The molecule has 0 aliphatic carbocycles. The number of hydrogen-bond acceptors (Lipinski definition) is 2. The molecule has 3 heteroatoms. The molecule has 0 spiro atoms. The van der Waals surface area contributed by atoms with Crippen LogP contribution in [0, 0.1) is 0 Å². The normalized spacial score (nSPS) is 11.8. The minimum atomic E-state index is 1.16. The fraction of sp³-hybridized carbons (Fsp3) is 0. The molecule has 0 bridgehead atoms. The van der Waals surface area contributed by atoms with Gasteiger partial charge in [0.2, 0.25) is 0 Å². The van der Waals surface area contributed by atoms with Gasteiger partial charge in [-0.1, -0.05) is 255 Å². The van der Waals surface area contributed by atoms with Gasteiger partial charge in [0.1, 0.15) is 0 Å². The van der Waals surface area contributed by atoms with Gasteiger partial charge in [-0.25, -0.2) is 0 Å². The van der Waals surface area contributed by atoms with E-state index < -0.39 is 0 Å². The fourth-order valence-electron chi connectivity index (χ4n) is 14.1. The third-order valence-corrected chi connectivity index (χ3v) is 20.9. The first-order valence-corrected chi connectivity index (χ1v) is 32.2. The SMILES string of the molecule is c1ccc(-c2cc(-c3ccccc3)c3sc4c(-c5ccc6c7ccc(-c8cc(-c9ccccc9)cc9c8sc8c(-c%10ccccc%10)cc(-c%10ccccc%10)cc89)cc7n(-c7cc8ccccc8c8ccccc78)c6c5)cc(-c5ccccc5)cc4c3c2)cc1. The smallest absolute Gasteiger partial charge is 0.0547 e. The number of fused-ring (bicyclic) bond motifs is 12. The van der Waals surface area contributed by atoms with E-state index in [9.17, 15) is 0 Å². The van der Waals surface area contributed by atoms with Gasteiger partial charge in [-0.15, -0.1) is 22.7 Å². The Kier molecular flexibility index (Phi) is 12.0. The van der Waals surface area contributed by atoms with E-state index in [0.717, 1.165) is 16.7 Å². The Morgan fingerprint density at radius 3 is 0.854 bits per heavy atom. The zero-order chi connectivity index (χ0) is 58.5. The van der Waals surface area contributed by atoms with E-state index in [1.807, 2.05) is 22.7 Å². The molecule has 18 rings (SSSR count). The number of nitrogens with zero attached hydrogens (tertiary/aromatic N) is 1. The fourth-order valence-corrected chi connectivity index (χ4v) is 16.7. The van der Waals surface area contributed by atoms with Crippen LogP contribution in [-0.4, -0.2) is 4.57 Å². The Labute approximate surface area is 523 Å². The highest BCUT2D eigenvalue weighted by Crippen LogP contribution is 2.51. The third kappa shape index (κ3) is 8.57. The van der Waals surface area contributed by atoms with Gasteiger partial charge in [0, 0.05) is 78.8 Å². The predicted octanol–water partition coefficient (Wildman–Crippen LogP) is 25.2. The molecule has 0 amide bonds. The third-order valence-electron chi connectivity index (χ3n) is 18.3. The standard InChI is InChI=1S/C86H53NS2/c1-7-23-54(24-8-1)63-43-72(58-31-15-5-16-32-58)83-76(47-63)78-49-65(56-27-11-3-12-28-56)45-74(85(78)88-83)61-39-41-70-71-42-40-62(53-82(71)87(81(70)52-61)80-51-60-35-19-20-36-67(60)68-37-21-22-38-69(68)80)75-46-66(57-29-13-4-14-30-57)50-79-77-48-64(55-25-9-2-10-26-55)44-73(84(77)89-86(75)79)59-33-17-6-18-34-59/h1-53H. The Morgan fingerprint density at radius 1 is 0.180 bits per heavy atom. The molecule has 3 heterocycles. The van der Waals surface area contributed by atoms with Crippen LogP contribution in [0.1, 0.15) is 0 Å². The van der Waals surface area contributed by atoms with E-state index in [1.54, 1.807) is 0 Å². The largest absolute Gasteiger partial charge is 0.309 e. The Hall–Kier alpha value is -10.9. The molecule has 0 aliphatic heterocycles. The minimum Gasteiger partial charge on any atom is -0.309 e. The van der Waals surface area contributed by atoms with Crippen LogP contribution in [0.2, 0.25) is 0 Å². The van der Waals surface area contributed by atoms with Crippen LogP contribution in [0.15, 0.2) is 322 Å². The molecule has 0 N–H and O–H groups in total. The zero-order valence-corrected chi connectivity index (χ0v) is 50.0. The number of hydrogen-bond donors (Lipinski definition) is 0. The van der Waals surface area contributed by atoms with Crippen molar-refractivity contribution >= 4 is 106 Å². The van der Waals surface area contributed by atoms with E-state index in [2.05, 4.69) is 326 Å². The highest BCUT2D eigenvalue weighted by Gasteiger charge is 2.24. The van der Waals surface area contributed by atoms with Crippen molar-refractivity contribution in [1.29, 1.82) is 0 Å². The maximum Gasteiger partial charge on any atom is 0.0547 e. The van der Waals surface area contributed by atoms with Crippen LogP contribution in [-0.2, 0) is 0 Å². The summed E-state index contributed by atoms with van der Waals surface area (Å²) in [6.07, 6.45) is 0. The first kappa shape index (κ1) is 51.3. The summed E-state index contributed by atoms with van der Waals surface area (Å²) >= 11 is 3.84. The van der Waals surface area contributed by atoms with Crippen LogP contribution in [0.3, 0.4) is 0 Å². The lowest BCUT2D eigenvalue weighted by Crippen LogP contribution is -1.97. The molecule has 0 radical (unpaired) electrons. The van der Waals surface area contributed by atoms with Crippen molar-refractivity contribution in [3.63, 3.8) is 0 Å². The maximum absolute atomic E-state index is 2.60. The molecular formula is C86H53NS2. The van der Waals surface area contributed by atoms with Crippen molar-refractivity contribution in [2.75, 3.05) is 0 Å². The van der Waals surface area contributed by atoms with Gasteiger partial charge in [-0.05, 0) is 150 Å². The molecule has 89 heavy (non-hydrogen) atoms. The topological polar surface area (TPSA) is 4.93 Å². The van der Waals surface area contributed by atoms with Gasteiger partial charge in [0.05, 0.1) is 16.7 Å². The lowest BCUT2D eigenvalue weighted by Gasteiger charge is -2.16. The minimum absolute atomic E-state index is 1.16. The van der Waals surface area contributed by atoms with Gasteiger partial charge >= 0.3 is 0 Å². The van der Waals surface area contributed by atoms with Crippen molar-refractivity contribution in [3.05, 3.63) is 322 Å². The summed E-state index contributed by atoms with van der Waals surface area (Å²) in [5.41, 5.74) is 22.8. The molecule has 0 unspecified atom stereocenters. The quantitative estimate of drug-likeness (QED) is 0.127. The summed E-state index contributed by atoms with van der Waals surface area (Å²) in [4.78, 5) is 0. The second kappa shape index (κ2) is 20.9. The van der Waals surface area contributed by atoms with E-state index >= 15 is 0 Å². The second-order valence-corrected chi connectivity index (χ2v) is 25.5. The van der Waals surface area contributed by atoms with Gasteiger partial charge < -0.3 is 4.57 Å². The van der Waals surface area contributed by atoms with Gasteiger partial charge in [-0.3, -0.25) is 0 Å². The first-order valence-electron chi connectivity index (χ1n) is 30.5. The molecule has 18 aromatic rings. The molecule has 0 atom stereocenters. The summed E-state index contributed by atoms with van der Waals surface area (Å²) in [5.74, 6) is 0. The number of aromatic nitrogens is 1. The van der Waals surface area contributed by atoms with E-state index in [-0.39, 0.29) is 0 Å². The summed E-state index contributed by atoms with van der Waals surface area (Å²) in [5, 5.41) is 12.4. The van der Waals surface area contributed by atoms with Gasteiger partial charge in [-0.2, -0.15) is 0 Å². The van der Waals surface area contributed by atoms with Gasteiger partial charge in [0.25, 0.3) is 0 Å². The van der Waals surface area contributed by atoms with E-state index in [1.165, 1.54) is 162 Å². The zero-order valence-electron chi connectivity index (χ0n) is 48.4. The maximum atomic E-state index is 2.60.